The van der Waals surface area contributed by atoms with Crippen LogP contribution in [0.3, 0.4) is 0 Å². The van der Waals surface area contributed by atoms with Gasteiger partial charge in [0.05, 0.1) is 12.2 Å². The van der Waals surface area contributed by atoms with E-state index < -0.39 is 16.6 Å². The van der Waals surface area contributed by atoms with Crippen LogP contribution in [0.15, 0.2) is 47.6 Å². The van der Waals surface area contributed by atoms with Crippen LogP contribution in [0.2, 0.25) is 36.3 Å². The van der Waals surface area contributed by atoms with E-state index in [1.54, 1.807) is 11.6 Å². The van der Waals surface area contributed by atoms with Gasteiger partial charge in [0.15, 0.2) is 16.6 Å². The highest BCUT2D eigenvalue weighted by atomic mass is 28.4. The van der Waals surface area contributed by atoms with Crippen molar-refractivity contribution in [1.82, 2.24) is 0 Å². The van der Waals surface area contributed by atoms with E-state index in [1.165, 1.54) is 37.7 Å². The Morgan fingerprint density at radius 3 is 2.07 bits per heavy atom. The van der Waals surface area contributed by atoms with Gasteiger partial charge in [-0.05, 0) is 115 Å². The van der Waals surface area contributed by atoms with Crippen LogP contribution in [-0.2, 0) is 13.6 Å². The molecule has 3 fully saturated rings. The van der Waals surface area contributed by atoms with Crippen molar-refractivity contribution in [2.75, 3.05) is 0 Å². The first-order chi connectivity index (χ1) is 19.1. The molecule has 0 radical (unpaired) electrons. The van der Waals surface area contributed by atoms with E-state index >= 15 is 0 Å². The van der Waals surface area contributed by atoms with E-state index in [2.05, 4.69) is 113 Å². The molecule has 0 N–H and O–H groups in total. The zero-order valence-electron chi connectivity index (χ0n) is 29.6. The standard InChI is InChI=1S/C37H64O3Si2/c1-27-29(19-18-28-17-15-23-37(10)31(28)20-21-33(37)36(8,9)22-16-24-38)25-30(39-41(11,12)34(2,3)4)26-32(27)40-42(13,14)35(5,6)7/h16,18-19,22,24,30-33H,1,15,17,20-21,23,25-26H2,2-14H3/b22-16+,28-18+,29-19+/t30-,31+,32+,33-,37+/m1/s1. The predicted molar refractivity (Wildman–Crippen MR) is 186 cm³/mol. The van der Waals surface area contributed by atoms with Crippen LogP contribution in [0, 0.1) is 22.7 Å². The predicted octanol–water partition coefficient (Wildman–Crippen LogP) is 11.0. The second-order valence-electron chi connectivity index (χ2n) is 17.6. The zero-order valence-corrected chi connectivity index (χ0v) is 31.6. The molecule has 42 heavy (non-hydrogen) atoms. The summed E-state index contributed by atoms with van der Waals surface area (Å²) in [7, 11) is -3.91. The fraction of sp³-hybridized carbons (Fsp3) is 0.757. The van der Waals surface area contributed by atoms with Gasteiger partial charge in [0.2, 0.25) is 0 Å². The van der Waals surface area contributed by atoms with E-state index in [1.807, 2.05) is 0 Å². The fourth-order valence-electron chi connectivity index (χ4n) is 7.63. The lowest BCUT2D eigenvalue weighted by atomic mass is 9.57. The smallest absolute Gasteiger partial charge is 0.192 e. The topological polar surface area (TPSA) is 35.5 Å². The molecule has 0 amide bonds. The Morgan fingerprint density at radius 2 is 1.50 bits per heavy atom. The molecular weight excluding hydrogens is 549 g/mol. The summed E-state index contributed by atoms with van der Waals surface area (Å²) in [5, 5.41) is 0.315. The van der Waals surface area contributed by atoms with Gasteiger partial charge in [-0.25, -0.2) is 0 Å². The van der Waals surface area contributed by atoms with Crippen LogP contribution >= 0.6 is 0 Å². The first kappa shape index (κ1) is 35.5. The molecule has 0 unspecified atom stereocenters. The summed E-state index contributed by atoms with van der Waals surface area (Å²) in [5.74, 6) is 1.18. The minimum Gasteiger partial charge on any atom is -0.413 e. The van der Waals surface area contributed by atoms with Gasteiger partial charge in [-0.3, -0.25) is 4.79 Å². The van der Waals surface area contributed by atoms with Gasteiger partial charge in [-0.15, -0.1) is 0 Å². The number of fused-ring (bicyclic) bond motifs is 1. The van der Waals surface area contributed by atoms with E-state index in [4.69, 9.17) is 8.85 Å². The van der Waals surface area contributed by atoms with Crippen molar-refractivity contribution in [3.63, 3.8) is 0 Å². The van der Waals surface area contributed by atoms with Crippen molar-refractivity contribution in [2.45, 2.75) is 156 Å². The molecule has 0 heterocycles. The maximum absolute atomic E-state index is 11.1. The second-order valence-corrected chi connectivity index (χ2v) is 27.1. The molecule has 3 aliphatic rings. The van der Waals surface area contributed by atoms with Gasteiger partial charge in [0, 0.05) is 6.42 Å². The Kier molecular flexibility index (Phi) is 10.5. The second kappa shape index (κ2) is 12.4. The molecule has 3 nitrogen and oxygen atoms in total. The molecule has 3 aliphatic carbocycles. The van der Waals surface area contributed by atoms with Gasteiger partial charge in [-0.2, -0.15) is 0 Å². The molecule has 0 saturated heterocycles. The maximum atomic E-state index is 11.1. The average Bonchev–Trinajstić information content (AvgIpc) is 3.20. The minimum atomic E-state index is -1.98. The number of rotatable bonds is 8. The summed E-state index contributed by atoms with van der Waals surface area (Å²) >= 11 is 0. The first-order valence-corrected chi connectivity index (χ1v) is 22.4. The number of hydrogen-bond donors (Lipinski definition) is 0. The van der Waals surface area contributed by atoms with Gasteiger partial charge in [-0.1, -0.05) is 92.7 Å². The average molecular weight is 613 g/mol. The fourth-order valence-corrected chi connectivity index (χ4v) is 10.3. The molecule has 0 aromatic heterocycles. The molecule has 3 saturated carbocycles. The summed E-state index contributed by atoms with van der Waals surface area (Å²) in [6, 6.07) is 0. The maximum Gasteiger partial charge on any atom is 0.192 e. The number of allylic oxidation sites excluding steroid dienone is 5. The summed E-state index contributed by atoms with van der Waals surface area (Å²) in [6.07, 6.45) is 17.8. The number of carbonyl (C=O) groups excluding carboxylic acids is 1. The Balaban J connectivity index is 1.95. The van der Waals surface area contributed by atoms with Crippen molar-refractivity contribution in [3.05, 3.63) is 47.6 Å². The van der Waals surface area contributed by atoms with Gasteiger partial charge < -0.3 is 8.85 Å². The molecule has 3 rings (SSSR count). The van der Waals surface area contributed by atoms with E-state index in [-0.39, 0.29) is 33.1 Å². The van der Waals surface area contributed by atoms with Gasteiger partial charge >= 0.3 is 0 Å². The molecule has 0 spiro atoms. The van der Waals surface area contributed by atoms with Gasteiger partial charge in [0.25, 0.3) is 0 Å². The highest BCUT2D eigenvalue weighted by Crippen LogP contribution is 2.62. The Hall–Kier alpha value is -1.02. The lowest BCUT2D eigenvalue weighted by Gasteiger charge is -2.47. The molecular formula is C37H64O3Si2. The number of hydrogen-bond acceptors (Lipinski definition) is 3. The number of carbonyl (C=O) groups is 1. The van der Waals surface area contributed by atoms with E-state index in [0.29, 0.717) is 11.8 Å². The third-order valence-electron chi connectivity index (χ3n) is 12.2. The lowest BCUT2D eigenvalue weighted by molar-refractivity contribution is -0.104. The molecule has 0 bridgehead atoms. The normalized spacial score (nSPS) is 32.2. The number of aldehydes is 1. The van der Waals surface area contributed by atoms with E-state index in [9.17, 15) is 4.79 Å². The van der Waals surface area contributed by atoms with Crippen LogP contribution in [0.1, 0.15) is 107 Å². The third-order valence-corrected chi connectivity index (χ3v) is 21.2. The SMILES string of the molecule is C=C1/C(=C/C=C2\CCC[C@]3(C)[C@@H](C(C)(C)/C=C/C=O)CC[C@@H]23)C[C@@H](O[Si](C)(C)C(C)(C)C)C[C@@H]1O[Si](C)(C)C(C)(C)C. The molecule has 238 valence electrons. The molecule has 5 atom stereocenters. The summed E-state index contributed by atoms with van der Waals surface area (Å²) in [6.45, 7) is 35.2. The Bertz CT molecular complexity index is 1100. The van der Waals surface area contributed by atoms with Gasteiger partial charge in [0.1, 0.15) is 6.29 Å². The van der Waals surface area contributed by atoms with Crippen molar-refractivity contribution in [2.24, 2.45) is 22.7 Å². The van der Waals surface area contributed by atoms with Crippen LogP contribution < -0.4 is 0 Å². The van der Waals surface area contributed by atoms with Crippen molar-refractivity contribution < 1.29 is 13.6 Å². The van der Waals surface area contributed by atoms with Crippen LogP contribution in [0.4, 0.5) is 0 Å². The van der Waals surface area contributed by atoms with Crippen LogP contribution in [-0.4, -0.2) is 35.1 Å². The summed E-state index contributed by atoms with van der Waals surface area (Å²) < 4.78 is 14.1. The van der Waals surface area contributed by atoms with Crippen molar-refractivity contribution in [1.29, 1.82) is 0 Å². The Morgan fingerprint density at radius 1 is 0.905 bits per heavy atom. The highest BCUT2D eigenvalue weighted by molar-refractivity contribution is 6.74. The molecule has 0 aromatic carbocycles. The highest BCUT2D eigenvalue weighted by Gasteiger charge is 2.53. The summed E-state index contributed by atoms with van der Waals surface area (Å²) in [5.41, 5.74) is 4.37. The minimum absolute atomic E-state index is 0.0111. The molecule has 0 aliphatic heterocycles. The van der Waals surface area contributed by atoms with Crippen molar-refractivity contribution >= 4 is 22.9 Å². The Labute approximate surface area is 261 Å². The summed E-state index contributed by atoms with van der Waals surface area (Å²) in [4.78, 5) is 11.1. The van der Waals surface area contributed by atoms with E-state index in [0.717, 1.165) is 24.7 Å². The largest absolute Gasteiger partial charge is 0.413 e. The monoisotopic (exact) mass is 612 g/mol. The quantitative estimate of drug-likeness (QED) is 0.155. The third kappa shape index (κ3) is 7.43. The lowest BCUT2D eigenvalue weighted by Crippen LogP contribution is -2.49. The zero-order chi connectivity index (χ0) is 31.9. The molecule has 5 heteroatoms. The van der Waals surface area contributed by atoms with Crippen LogP contribution in [0.25, 0.3) is 0 Å². The van der Waals surface area contributed by atoms with Crippen LogP contribution in [0.5, 0.6) is 0 Å². The molecule has 0 aromatic rings. The van der Waals surface area contributed by atoms with Crippen molar-refractivity contribution in [3.8, 4) is 0 Å². The first-order valence-electron chi connectivity index (χ1n) is 16.6.